The van der Waals surface area contributed by atoms with E-state index in [9.17, 15) is 4.79 Å². The van der Waals surface area contributed by atoms with E-state index in [0.29, 0.717) is 11.8 Å². The van der Waals surface area contributed by atoms with Crippen LogP contribution in [0.3, 0.4) is 0 Å². The normalized spacial score (nSPS) is 17.8. The van der Waals surface area contributed by atoms with Crippen LogP contribution in [0, 0.1) is 0 Å². The van der Waals surface area contributed by atoms with E-state index in [0.717, 1.165) is 24.3 Å². The van der Waals surface area contributed by atoms with E-state index < -0.39 is 0 Å². The maximum Gasteiger partial charge on any atom is 0.129 e. The van der Waals surface area contributed by atoms with Crippen LogP contribution in [0.4, 0.5) is 0 Å². The summed E-state index contributed by atoms with van der Waals surface area (Å²) in [4.78, 5) is 13.5. The molecule has 1 fully saturated rings. The van der Waals surface area contributed by atoms with Crippen LogP contribution in [0.2, 0.25) is 5.02 Å². The number of benzene rings is 1. The number of halogens is 1. The van der Waals surface area contributed by atoms with Gasteiger partial charge in [-0.1, -0.05) is 43.0 Å². The van der Waals surface area contributed by atoms with Crippen LogP contribution in [0.25, 0.3) is 0 Å². The summed E-state index contributed by atoms with van der Waals surface area (Å²) in [6, 6.07) is 9.05. The Bertz CT molecular complexity index is 505. The first-order chi connectivity index (χ1) is 11.0. The van der Waals surface area contributed by atoms with Crippen LogP contribution >= 0.6 is 11.6 Å². The van der Waals surface area contributed by atoms with E-state index in [4.69, 9.17) is 11.6 Å². The van der Waals surface area contributed by atoms with Crippen molar-refractivity contribution in [1.29, 1.82) is 0 Å². The lowest BCUT2D eigenvalue weighted by Gasteiger charge is -2.51. The van der Waals surface area contributed by atoms with Crippen molar-refractivity contribution in [2.45, 2.75) is 69.7 Å². The Morgan fingerprint density at radius 2 is 1.83 bits per heavy atom. The first kappa shape index (κ1) is 18.5. The number of Topliss-reactive ketones (excluding diaryl/α,β-unsaturated/α-hetero) is 1. The third-order valence-corrected chi connectivity index (χ3v) is 5.68. The summed E-state index contributed by atoms with van der Waals surface area (Å²) < 4.78 is 0. The van der Waals surface area contributed by atoms with Gasteiger partial charge in [0.15, 0.2) is 0 Å². The fourth-order valence-corrected chi connectivity index (χ4v) is 4.20. The maximum absolute atomic E-state index is 11.1. The van der Waals surface area contributed by atoms with Gasteiger partial charge in [-0.2, -0.15) is 0 Å². The van der Waals surface area contributed by atoms with E-state index in [-0.39, 0.29) is 5.41 Å². The zero-order chi connectivity index (χ0) is 16.9. The predicted molar refractivity (Wildman–Crippen MR) is 98.2 cm³/mol. The molecule has 1 unspecified atom stereocenters. The highest BCUT2D eigenvalue weighted by molar-refractivity contribution is 6.30. The molecule has 1 aromatic carbocycles. The number of hydrogen-bond acceptors (Lipinski definition) is 2. The Kier molecular flexibility index (Phi) is 6.67. The quantitative estimate of drug-likeness (QED) is 0.576. The summed E-state index contributed by atoms with van der Waals surface area (Å²) >= 11 is 6.07. The molecule has 0 N–H and O–H groups in total. The Hall–Kier alpha value is -0.860. The number of carbonyl (C=O) groups excluding carboxylic acids is 1. The zero-order valence-corrected chi connectivity index (χ0v) is 15.5. The molecule has 128 valence electrons. The molecule has 1 saturated carbocycles. The minimum atomic E-state index is 0.286. The molecule has 0 spiro atoms. The van der Waals surface area contributed by atoms with Crippen molar-refractivity contribution in [3.8, 4) is 0 Å². The predicted octanol–water partition coefficient (Wildman–Crippen LogP) is 5.23. The molecule has 0 bridgehead atoms. The molecule has 0 aliphatic heterocycles. The molecule has 0 radical (unpaired) electrons. The lowest BCUT2D eigenvalue weighted by Crippen LogP contribution is -2.52. The van der Waals surface area contributed by atoms with Gasteiger partial charge >= 0.3 is 0 Å². The van der Waals surface area contributed by atoms with Gasteiger partial charge in [0.05, 0.1) is 0 Å². The molecule has 3 heteroatoms. The Balaban J connectivity index is 2.02. The van der Waals surface area contributed by atoms with Crippen molar-refractivity contribution in [3.05, 3.63) is 34.9 Å². The summed E-state index contributed by atoms with van der Waals surface area (Å²) in [5.41, 5.74) is 1.73. The average molecular weight is 336 g/mol. The lowest BCUT2D eigenvalue weighted by molar-refractivity contribution is -0.117. The monoisotopic (exact) mass is 335 g/mol. The third kappa shape index (κ3) is 4.58. The number of likely N-dealkylation sites (N-methyl/N-ethyl adjacent to an activating group) is 1. The van der Waals surface area contributed by atoms with Crippen LogP contribution in [0.15, 0.2) is 24.3 Å². The summed E-state index contributed by atoms with van der Waals surface area (Å²) in [6.45, 7) is 1.69. The standard InChI is InChI=1S/C20H30ClNO/c1-16(23)8-5-4-6-9-19(22(2)3)20(14-7-15-20)17-10-12-18(21)13-11-17/h10-13,19H,4-9,14-15H2,1-3H3. The van der Waals surface area contributed by atoms with Crippen molar-refractivity contribution in [1.82, 2.24) is 4.90 Å². The average Bonchev–Trinajstić information content (AvgIpc) is 2.45. The molecule has 1 aliphatic rings. The molecule has 2 nitrogen and oxygen atoms in total. The number of carbonyl (C=O) groups is 1. The fraction of sp³-hybridized carbons (Fsp3) is 0.650. The smallest absolute Gasteiger partial charge is 0.129 e. The summed E-state index contributed by atoms with van der Waals surface area (Å²) in [7, 11) is 4.41. The van der Waals surface area contributed by atoms with Crippen molar-refractivity contribution < 1.29 is 4.79 Å². The number of ketones is 1. The first-order valence-corrected chi connectivity index (χ1v) is 9.25. The zero-order valence-electron chi connectivity index (χ0n) is 14.8. The van der Waals surface area contributed by atoms with E-state index in [1.54, 1.807) is 6.92 Å². The largest absolute Gasteiger partial charge is 0.306 e. The van der Waals surface area contributed by atoms with Crippen molar-refractivity contribution in [2.24, 2.45) is 0 Å². The molecule has 0 amide bonds. The highest BCUT2D eigenvalue weighted by Gasteiger charge is 2.45. The van der Waals surface area contributed by atoms with Crippen LogP contribution in [-0.4, -0.2) is 30.8 Å². The molecule has 2 rings (SSSR count). The maximum atomic E-state index is 11.1. The van der Waals surface area contributed by atoms with Crippen molar-refractivity contribution in [3.63, 3.8) is 0 Å². The van der Waals surface area contributed by atoms with Gasteiger partial charge in [0.1, 0.15) is 5.78 Å². The highest BCUT2D eigenvalue weighted by atomic mass is 35.5. The van der Waals surface area contributed by atoms with Gasteiger partial charge < -0.3 is 9.69 Å². The van der Waals surface area contributed by atoms with Crippen LogP contribution in [0.5, 0.6) is 0 Å². The van der Waals surface area contributed by atoms with Gasteiger partial charge in [-0.05, 0) is 64.4 Å². The van der Waals surface area contributed by atoms with E-state index >= 15 is 0 Å². The van der Waals surface area contributed by atoms with Crippen molar-refractivity contribution in [2.75, 3.05) is 14.1 Å². The molecule has 0 aromatic heterocycles. The SMILES string of the molecule is CC(=O)CCCCCC(N(C)C)C1(c2ccc(Cl)cc2)CCC1. The second-order valence-corrected chi connectivity index (χ2v) is 7.73. The Morgan fingerprint density at radius 1 is 1.17 bits per heavy atom. The minimum Gasteiger partial charge on any atom is -0.306 e. The highest BCUT2D eigenvalue weighted by Crippen LogP contribution is 2.49. The van der Waals surface area contributed by atoms with E-state index in [2.05, 4.69) is 31.1 Å². The number of rotatable bonds is 9. The summed E-state index contributed by atoms with van der Waals surface area (Å²) in [6.07, 6.45) is 9.17. The third-order valence-electron chi connectivity index (χ3n) is 5.43. The molecule has 23 heavy (non-hydrogen) atoms. The number of nitrogens with zero attached hydrogens (tertiary/aromatic N) is 1. The molecule has 1 atom stereocenters. The van der Waals surface area contributed by atoms with Crippen LogP contribution < -0.4 is 0 Å². The van der Waals surface area contributed by atoms with E-state index in [1.807, 2.05) is 12.1 Å². The van der Waals surface area contributed by atoms with Crippen LogP contribution in [0.1, 0.15) is 63.9 Å². The van der Waals surface area contributed by atoms with Gasteiger partial charge in [-0.15, -0.1) is 0 Å². The Morgan fingerprint density at radius 3 is 2.30 bits per heavy atom. The van der Waals surface area contributed by atoms with Gasteiger partial charge in [-0.25, -0.2) is 0 Å². The molecular formula is C20H30ClNO. The topological polar surface area (TPSA) is 20.3 Å². The molecule has 1 aromatic rings. The van der Waals surface area contributed by atoms with Crippen molar-refractivity contribution >= 4 is 17.4 Å². The fourth-order valence-electron chi connectivity index (χ4n) is 4.07. The van der Waals surface area contributed by atoms with Crippen LogP contribution in [-0.2, 0) is 10.2 Å². The number of hydrogen-bond donors (Lipinski definition) is 0. The Labute approximate surface area is 146 Å². The molecule has 0 saturated heterocycles. The molecular weight excluding hydrogens is 306 g/mol. The van der Waals surface area contributed by atoms with E-state index in [1.165, 1.54) is 37.7 Å². The second-order valence-electron chi connectivity index (χ2n) is 7.30. The molecule has 1 aliphatic carbocycles. The summed E-state index contributed by atoms with van der Waals surface area (Å²) in [5, 5.41) is 0.814. The molecule has 0 heterocycles. The lowest BCUT2D eigenvalue weighted by atomic mass is 9.59. The number of unbranched alkanes of at least 4 members (excludes halogenated alkanes) is 2. The first-order valence-electron chi connectivity index (χ1n) is 8.87. The van der Waals surface area contributed by atoms with Gasteiger partial charge in [-0.3, -0.25) is 0 Å². The van der Waals surface area contributed by atoms with Gasteiger partial charge in [0.2, 0.25) is 0 Å². The second kappa shape index (κ2) is 8.30. The van der Waals surface area contributed by atoms with Gasteiger partial charge in [0.25, 0.3) is 0 Å². The minimum absolute atomic E-state index is 0.286. The van der Waals surface area contributed by atoms with Gasteiger partial charge in [0, 0.05) is 22.9 Å². The summed E-state index contributed by atoms with van der Waals surface area (Å²) in [5.74, 6) is 0.311.